The van der Waals surface area contributed by atoms with Gasteiger partial charge in [0, 0.05) is 16.2 Å². The standard InChI is InChI=1S/C25H19N3O6S/c1-3-33-25(31)21-17-13-35-23(26-22(29)19-12-14-6-4-5-7-18(14)34-19)20(17)24(30)28(27-21)15-8-10-16(32-2)11-9-15/h4-13H,3H2,1-2H3,(H,26,29). The van der Waals surface area contributed by atoms with Crippen LogP contribution in [0.2, 0.25) is 0 Å². The van der Waals surface area contributed by atoms with Gasteiger partial charge < -0.3 is 19.2 Å². The van der Waals surface area contributed by atoms with Gasteiger partial charge in [-0.3, -0.25) is 9.59 Å². The normalized spacial score (nSPS) is 11.0. The molecule has 1 amide bonds. The minimum absolute atomic E-state index is 0.0299. The van der Waals surface area contributed by atoms with Crippen LogP contribution in [0, 0.1) is 0 Å². The maximum absolute atomic E-state index is 13.5. The van der Waals surface area contributed by atoms with Gasteiger partial charge in [-0.05, 0) is 43.3 Å². The zero-order valence-electron chi connectivity index (χ0n) is 18.7. The summed E-state index contributed by atoms with van der Waals surface area (Å²) in [6.07, 6.45) is 0. The summed E-state index contributed by atoms with van der Waals surface area (Å²) < 4.78 is 17.1. The molecule has 0 bridgehead atoms. The van der Waals surface area contributed by atoms with Gasteiger partial charge in [0.15, 0.2) is 11.5 Å². The number of carbonyl (C=O) groups excluding carboxylic acids is 2. The van der Waals surface area contributed by atoms with Gasteiger partial charge in [0.2, 0.25) is 0 Å². The summed E-state index contributed by atoms with van der Waals surface area (Å²) in [4.78, 5) is 39.1. The van der Waals surface area contributed by atoms with Gasteiger partial charge >= 0.3 is 5.97 Å². The first-order valence-corrected chi connectivity index (χ1v) is 11.5. The first kappa shape index (κ1) is 22.4. The number of benzene rings is 2. The number of hydrogen-bond acceptors (Lipinski definition) is 8. The molecule has 2 aromatic carbocycles. The quantitative estimate of drug-likeness (QED) is 0.346. The molecule has 0 aliphatic heterocycles. The molecule has 0 unspecified atom stereocenters. The van der Waals surface area contributed by atoms with Crippen LogP contribution >= 0.6 is 11.3 Å². The summed E-state index contributed by atoms with van der Waals surface area (Å²) in [5.41, 5.74) is 0.463. The molecule has 5 rings (SSSR count). The fourth-order valence-corrected chi connectivity index (χ4v) is 4.58. The molecule has 0 atom stereocenters. The summed E-state index contributed by atoms with van der Waals surface area (Å²) >= 11 is 1.11. The van der Waals surface area contributed by atoms with Crippen LogP contribution in [0.5, 0.6) is 5.75 Å². The molecule has 0 aliphatic rings. The van der Waals surface area contributed by atoms with E-state index in [0.717, 1.165) is 21.4 Å². The van der Waals surface area contributed by atoms with E-state index < -0.39 is 17.4 Å². The maximum atomic E-state index is 13.5. The van der Waals surface area contributed by atoms with Gasteiger partial charge in [-0.15, -0.1) is 11.3 Å². The van der Waals surface area contributed by atoms with E-state index >= 15 is 0 Å². The molecule has 0 spiro atoms. The Kier molecular flexibility index (Phi) is 5.79. The highest BCUT2D eigenvalue weighted by molar-refractivity contribution is 7.16. The number of fused-ring (bicyclic) bond motifs is 2. The van der Waals surface area contributed by atoms with Crippen LogP contribution in [0.3, 0.4) is 0 Å². The number of ether oxygens (including phenoxy) is 2. The number of para-hydroxylation sites is 1. The van der Waals surface area contributed by atoms with Crippen molar-refractivity contribution in [3.05, 3.63) is 81.8 Å². The Morgan fingerprint density at radius 1 is 1.14 bits per heavy atom. The minimum Gasteiger partial charge on any atom is -0.497 e. The van der Waals surface area contributed by atoms with Gasteiger partial charge in [-0.1, -0.05) is 18.2 Å². The molecular weight excluding hydrogens is 470 g/mol. The highest BCUT2D eigenvalue weighted by atomic mass is 32.1. The van der Waals surface area contributed by atoms with Crippen molar-refractivity contribution in [1.29, 1.82) is 0 Å². The number of furan rings is 1. The van der Waals surface area contributed by atoms with E-state index in [0.29, 0.717) is 22.4 Å². The lowest BCUT2D eigenvalue weighted by Crippen LogP contribution is -2.25. The van der Waals surface area contributed by atoms with Crippen molar-refractivity contribution in [2.24, 2.45) is 0 Å². The molecule has 5 aromatic rings. The number of nitrogens with zero attached hydrogens (tertiary/aromatic N) is 2. The lowest BCUT2D eigenvalue weighted by atomic mass is 10.2. The molecular formula is C25H19N3O6S. The highest BCUT2D eigenvalue weighted by Crippen LogP contribution is 2.31. The van der Waals surface area contributed by atoms with Crippen molar-refractivity contribution in [3.63, 3.8) is 0 Å². The zero-order chi connectivity index (χ0) is 24.5. The second-order valence-corrected chi connectivity index (χ2v) is 8.32. The number of rotatable bonds is 6. The Morgan fingerprint density at radius 3 is 2.63 bits per heavy atom. The predicted octanol–water partition coefficient (Wildman–Crippen LogP) is 4.63. The minimum atomic E-state index is -0.673. The average Bonchev–Trinajstić information content (AvgIpc) is 3.49. The Bertz CT molecular complexity index is 1600. The van der Waals surface area contributed by atoms with Crippen molar-refractivity contribution < 1.29 is 23.5 Å². The van der Waals surface area contributed by atoms with E-state index in [9.17, 15) is 14.4 Å². The number of aromatic nitrogens is 2. The van der Waals surface area contributed by atoms with Crippen molar-refractivity contribution in [3.8, 4) is 11.4 Å². The number of anilines is 1. The van der Waals surface area contributed by atoms with Crippen LogP contribution < -0.4 is 15.6 Å². The topological polar surface area (TPSA) is 113 Å². The molecule has 3 aromatic heterocycles. The summed E-state index contributed by atoms with van der Waals surface area (Å²) in [6, 6.07) is 15.5. The SMILES string of the molecule is CCOC(=O)c1nn(-c2ccc(OC)cc2)c(=O)c2c(NC(=O)c3cc4ccccc4o3)scc12. The van der Waals surface area contributed by atoms with Crippen LogP contribution in [0.15, 0.2) is 69.2 Å². The van der Waals surface area contributed by atoms with Crippen LogP contribution in [0.1, 0.15) is 28.0 Å². The maximum Gasteiger partial charge on any atom is 0.359 e. The van der Waals surface area contributed by atoms with Gasteiger partial charge in [0.1, 0.15) is 16.3 Å². The van der Waals surface area contributed by atoms with Crippen LogP contribution in [0.4, 0.5) is 5.00 Å². The van der Waals surface area contributed by atoms with Gasteiger partial charge in [-0.2, -0.15) is 9.78 Å². The number of carbonyl (C=O) groups is 2. The second-order valence-electron chi connectivity index (χ2n) is 7.44. The van der Waals surface area contributed by atoms with E-state index in [-0.39, 0.29) is 28.4 Å². The van der Waals surface area contributed by atoms with E-state index in [1.54, 1.807) is 48.7 Å². The third kappa shape index (κ3) is 4.04. The third-order valence-electron chi connectivity index (χ3n) is 5.31. The first-order chi connectivity index (χ1) is 17.0. The predicted molar refractivity (Wildman–Crippen MR) is 132 cm³/mol. The molecule has 0 saturated heterocycles. The molecule has 0 saturated carbocycles. The zero-order valence-corrected chi connectivity index (χ0v) is 19.5. The van der Waals surface area contributed by atoms with Crippen LogP contribution in [-0.4, -0.2) is 35.4 Å². The van der Waals surface area contributed by atoms with E-state index in [2.05, 4.69) is 10.4 Å². The fourth-order valence-electron chi connectivity index (χ4n) is 3.65. The molecule has 1 N–H and O–H groups in total. The van der Waals surface area contributed by atoms with Crippen molar-refractivity contribution in [2.75, 3.05) is 19.0 Å². The molecule has 0 aliphatic carbocycles. The van der Waals surface area contributed by atoms with Crippen LogP contribution in [-0.2, 0) is 4.74 Å². The Balaban J connectivity index is 1.62. The van der Waals surface area contributed by atoms with Gasteiger partial charge in [0.05, 0.1) is 24.8 Å². The summed E-state index contributed by atoms with van der Waals surface area (Å²) in [7, 11) is 1.53. The second kappa shape index (κ2) is 9.07. The van der Waals surface area contributed by atoms with Crippen molar-refractivity contribution in [2.45, 2.75) is 6.92 Å². The monoisotopic (exact) mass is 489 g/mol. The number of amides is 1. The molecule has 3 heterocycles. The van der Waals surface area contributed by atoms with Crippen LogP contribution in [0.25, 0.3) is 27.4 Å². The summed E-state index contributed by atoms with van der Waals surface area (Å²) in [6.45, 7) is 1.82. The molecule has 9 nitrogen and oxygen atoms in total. The molecule has 35 heavy (non-hydrogen) atoms. The Hall–Kier alpha value is -4.44. The number of nitrogens with one attached hydrogen (secondary N) is 1. The van der Waals surface area contributed by atoms with Gasteiger partial charge in [-0.25, -0.2) is 4.79 Å². The average molecular weight is 490 g/mol. The Labute approximate surface area is 202 Å². The lowest BCUT2D eigenvalue weighted by Gasteiger charge is -2.10. The van der Waals surface area contributed by atoms with E-state index in [1.807, 2.05) is 18.2 Å². The molecule has 0 fully saturated rings. The van der Waals surface area contributed by atoms with E-state index in [1.165, 1.54) is 7.11 Å². The lowest BCUT2D eigenvalue weighted by molar-refractivity contribution is 0.0520. The smallest absolute Gasteiger partial charge is 0.359 e. The molecule has 176 valence electrons. The highest BCUT2D eigenvalue weighted by Gasteiger charge is 2.24. The van der Waals surface area contributed by atoms with Gasteiger partial charge in [0.25, 0.3) is 11.5 Å². The largest absolute Gasteiger partial charge is 0.497 e. The number of thiophene rings is 1. The number of esters is 1. The number of hydrogen-bond donors (Lipinski definition) is 1. The summed E-state index contributed by atoms with van der Waals surface area (Å²) in [5.74, 6) is -0.492. The van der Waals surface area contributed by atoms with Crippen molar-refractivity contribution >= 4 is 50.0 Å². The number of methoxy groups -OCH3 is 1. The van der Waals surface area contributed by atoms with Crippen molar-refractivity contribution in [1.82, 2.24) is 9.78 Å². The van der Waals surface area contributed by atoms with E-state index in [4.69, 9.17) is 13.9 Å². The third-order valence-corrected chi connectivity index (χ3v) is 6.21. The first-order valence-electron chi connectivity index (χ1n) is 10.7. The Morgan fingerprint density at radius 2 is 1.91 bits per heavy atom. The molecule has 10 heteroatoms. The molecule has 0 radical (unpaired) electrons. The summed E-state index contributed by atoms with van der Waals surface area (Å²) in [5, 5.41) is 10.1. The fraction of sp³-hybridized carbons (Fsp3) is 0.120.